The zero-order valence-corrected chi connectivity index (χ0v) is 37.5. The predicted octanol–water partition coefficient (Wildman–Crippen LogP) is 14.3. The third kappa shape index (κ3) is 39.2. The van der Waals surface area contributed by atoms with Gasteiger partial charge in [0, 0.05) is 6.42 Å². The summed E-state index contributed by atoms with van der Waals surface area (Å²) in [6.07, 6.45) is 49.6. The second-order valence-corrected chi connectivity index (χ2v) is 16.9. The second-order valence-electron chi connectivity index (χ2n) is 16.9. The maximum atomic E-state index is 13.1. The van der Waals surface area contributed by atoms with Crippen molar-refractivity contribution in [1.29, 1.82) is 0 Å². The van der Waals surface area contributed by atoms with Crippen LogP contribution in [0.5, 0.6) is 0 Å². The molecule has 3 atom stereocenters. The van der Waals surface area contributed by atoms with Gasteiger partial charge < -0.3 is 20.3 Å². The highest BCUT2D eigenvalue weighted by Crippen LogP contribution is 2.18. The van der Waals surface area contributed by atoms with Crippen LogP contribution in [0.3, 0.4) is 0 Å². The SMILES string of the molecule is CCCCCCCC/C=C\C/C=C/CCC(=O)OC(CCCCCCCCCCCCCC)CC(=O)NC(CO)C(O)CCCCCCCCCCCCCC. The largest absolute Gasteiger partial charge is 0.462 e. The smallest absolute Gasteiger partial charge is 0.306 e. The van der Waals surface area contributed by atoms with Crippen molar-refractivity contribution in [3.05, 3.63) is 24.3 Å². The Labute approximate surface area is 348 Å². The Kier molecular flexibility index (Phi) is 43.1. The number of carbonyl (C=O) groups is 2. The molecule has 1 amide bonds. The molecule has 0 rings (SSSR count). The third-order valence-corrected chi connectivity index (χ3v) is 11.3. The summed E-state index contributed by atoms with van der Waals surface area (Å²) < 4.78 is 5.88. The van der Waals surface area contributed by atoms with Gasteiger partial charge in [-0.15, -0.1) is 0 Å². The van der Waals surface area contributed by atoms with Gasteiger partial charge in [-0.2, -0.15) is 0 Å². The van der Waals surface area contributed by atoms with Gasteiger partial charge in [0.1, 0.15) is 6.10 Å². The van der Waals surface area contributed by atoms with Crippen molar-refractivity contribution in [2.24, 2.45) is 0 Å². The van der Waals surface area contributed by atoms with Crippen molar-refractivity contribution in [2.45, 2.75) is 277 Å². The number of hydrogen-bond donors (Lipinski definition) is 3. The maximum Gasteiger partial charge on any atom is 0.306 e. The number of ether oxygens (including phenoxy) is 1. The van der Waals surface area contributed by atoms with Gasteiger partial charge in [0.25, 0.3) is 0 Å². The highest BCUT2D eigenvalue weighted by Gasteiger charge is 2.24. The minimum atomic E-state index is -0.790. The van der Waals surface area contributed by atoms with Gasteiger partial charge in [0.2, 0.25) is 5.91 Å². The molecule has 330 valence electrons. The number of unbranched alkanes of at least 4 members (excludes halogenated alkanes) is 28. The Morgan fingerprint density at radius 2 is 0.911 bits per heavy atom. The van der Waals surface area contributed by atoms with Crippen LogP contribution in [0.25, 0.3) is 0 Å². The lowest BCUT2D eigenvalue weighted by Gasteiger charge is -2.24. The van der Waals surface area contributed by atoms with E-state index in [2.05, 4.69) is 44.3 Å². The molecular formula is C50H95NO5. The summed E-state index contributed by atoms with van der Waals surface area (Å²) in [6, 6.07) is -0.705. The second kappa shape index (κ2) is 44.4. The number of carbonyl (C=O) groups excluding carboxylic acids is 2. The monoisotopic (exact) mass is 790 g/mol. The Hall–Kier alpha value is -1.66. The molecule has 0 fully saturated rings. The number of aliphatic hydroxyl groups excluding tert-OH is 2. The van der Waals surface area contributed by atoms with Crippen LogP contribution in [0.1, 0.15) is 258 Å². The first-order valence-corrected chi connectivity index (χ1v) is 24.6. The van der Waals surface area contributed by atoms with Gasteiger partial charge in [-0.3, -0.25) is 9.59 Å². The van der Waals surface area contributed by atoms with Crippen LogP contribution >= 0.6 is 0 Å². The molecule has 0 aromatic heterocycles. The number of aliphatic hydroxyl groups is 2. The zero-order chi connectivity index (χ0) is 41.0. The summed E-state index contributed by atoms with van der Waals surface area (Å²) in [5, 5.41) is 23.7. The highest BCUT2D eigenvalue weighted by molar-refractivity contribution is 5.77. The minimum Gasteiger partial charge on any atom is -0.462 e. The Morgan fingerprint density at radius 3 is 1.36 bits per heavy atom. The summed E-state index contributed by atoms with van der Waals surface area (Å²) in [6.45, 7) is 6.46. The minimum absolute atomic E-state index is 0.0604. The van der Waals surface area contributed by atoms with E-state index in [1.54, 1.807) is 0 Å². The third-order valence-electron chi connectivity index (χ3n) is 11.3. The Bertz CT molecular complexity index is 889. The molecule has 0 spiro atoms. The summed E-state index contributed by atoms with van der Waals surface area (Å²) in [5.74, 6) is -0.544. The van der Waals surface area contributed by atoms with E-state index in [0.717, 1.165) is 44.9 Å². The summed E-state index contributed by atoms with van der Waals surface area (Å²) in [4.78, 5) is 26.0. The summed E-state index contributed by atoms with van der Waals surface area (Å²) >= 11 is 0. The summed E-state index contributed by atoms with van der Waals surface area (Å²) in [5.41, 5.74) is 0. The molecule has 56 heavy (non-hydrogen) atoms. The maximum absolute atomic E-state index is 13.1. The standard InChI is InChI=1S/C50H95NO5/c1-4-7-10-13-16-19-22-25-28-31-34-37-40-43-50(55)56-46(41-38-35-32-29-26-23-20-17-14-11-8-5-2)44-49(54)51-47(45-52)48(53)42-39-36-33-30-27-24-21-18-15-12-9-6-3/h25,28,34,37,46-48,52-53H,4-24,26-27,29-33,35-36,38-45H2,1-3H3,(H,51,54)/b28-25-,37-34+. The fraction of sp³-hybridized carbons (Fsp3) is 0.880. The molecular weight excluding hydrogens is 695 g/mol. The van der Waals surface area contributed by atoms with E-state index in [0.29, 0.717) is 25.7 Å². The van der Waals surface area contributed by atoms with E-state index in [-0.39, 0.29) is 24.9 Å². The van der Waals surface area contributed by atoms with Crippen molar-refractivity contribution in [3.63, 3.8) is 0 Å². The van der Waals surface area contributed by atoms with Gasteiger partial charge >= 0.3 is 5.97 Å². The molecule has 6 nitrogen and oxygen atoms in total. The van der Waals surface area contributed by atoms with Crippen LogP contribution in [-0.4, -0.2) is 46.9 Å². The highest BCUT2D eigenvalue weighted by atomic mass is 16.5. The quantitative estimate of drug-likeness (QED) is 0.0324. The molecule has 0 saturated carbocycles. The molecule has 0 saturated heterocycles. The van der Waals surface area contributed by atoms with E-state index < -0.39 is 18.2 Å². The lowest BCUT2D eigenvalue weighted by Crippen LogP contribution is -2.46. The van der Waals surface area contributed by atoms with Crippen molar-refractivity contribution < 1.29 is 24.5 Å². The molecule has 6 heteroatoms. The fourth-order valence-corrected chi connectivity index (χ4v) is 7.54. The van der Waals surface area contributed by atoms with Crippen molar-refractivity contribution in [3.8, 4) is 0 Å². The van der Waals surface area contributed by atoms with Gasteiger partial charge in [0.05, 0.1) is 25.2 Å². The van der Waals surface area contributed by atoms with Crippen molar-refractivity contribution >= 4 is 11.9 Å². The molecule has 3 N–H and O–H groups in total. The van der Waals surface area contributed by atoms with Crippen LogP contribution in [0.15, 0.2) is 24.3 Å². The van der Waals surface area contributed by atoms with Crippen LogP contribution in [0.2, 0.25) is 0 Å². The van der Waals surface area contributed by atoms with Gasteiger partial charge in [0.15, 0.2) is 0 Å². The first-order chi connectivity index (χ1) is 27.5. The van der Waals surface area contributed by atoms with Crippen LogP contribution < -0.4 is 5.32 Å². The average Bonchev–Trinajstić information content (AvgIpc) is 3.19. The Balaban J connectivity index is 4.62. The van der Waals surface area contributed by atoms with E-state index in [1.807, 2.05) is 6.08 Å². The molecule has 0 aliphatic rings. The van der Waals surface area contributed by atoms with E-state index in [4.69, 9.17) is 4.74 Å². The van der Waals surface area contributed by atoms with E-state index in [9.17, 15) is 19.8 Å². The molecule has 0 heterocycles. The molecule has 0 radical (unpaired) electrons. The zero-order valence-electron chi connectivity index (χ0n) is 37.5. The fourth-order valence-electron chi connectivity index (χ4n) is 7.54. The Morgan fingerprint density at radius 1 is 0.518 bits per heavy atom. The number of rotatable bonds is 44. The number of amides is 1. The van der Waals surface area contributed by atoms with Crippen LogP contribution in [0, 0.1) is 0 Å². The summed E-state index contributed by atoms with van der Waals surface area (Å²) in [7, 11) is 0. The molecule has 3 unspecified atom stereocenters. The average molecular weight is 790 g/mol. The number of hydrogen-bond acceptors (Lipinski definition) is 5. The van der Waals surface area contributed by atoms with Crippen molar-refractivity contribution in [2.75, 3.05) is 6.61 Å². The first kappa shape index (κ1) is 54.3. The predicted molar refractivity (Wildman–Crippen MR) is 241 cm³/mol. The van der Waals surface area contributed by atoms with Crippen LogP contribution in [0.4, 0.5) is 0 Å². The molecule has 0 bridgehead atoms. The first-order valence-electron chi connectivity index (χ1n) is 24.6. The normalized spacial score (nSPS) is 13.4. The van der Waals surface area contributed by atoms with Crippen LogP contribution in [-0.2, 0) is 14.3 Å². The topological polar surface area (TPSA) is 95.9 Å². The molecule has 0 aromatic rings. The van der Waals surface area contributed by atoms with Crippen molar-refractivity contribution in [1.82, 2.24) is 5.32 Å². The van der Waals surface area contributed by atoms with E-state index in [1.165, 1.54) is 161 Å². The lowest BCUT2D eigenvalue weighted by atomic mass is 10.0. The molecule has 0 aliphatic carbocycles. The lowest BCUT2D eigenvalue weighted by molar-refractivity contribution is -0.150. The molecule has 0 aliphatic heterocycles. The number of esters is 1. The van der Waals surface area contributed by atoms with Gasteiger partial charge in [-0.25, -0.2) is 0 Å². The van der Waals surface area contributed by atoms with Gasteiger partial charge in [-0.05, 0) is 44.9 Å². The number of allylic oxidation sites excluding steroid dienone is 4. The van der Waals surface area contributed by atoms with E-state index >= 15 is 0 Å². The number of nitrogens with one attached hydrogen (secondary N) is 1. The van der Waals surface area contributed by atoms with Gasteiger partial charge in [-0.1, -0.05) is 225 Å². The molecule has 0 aromatic carbocycles.